The molecular weight excluding hydrogens is 204 g/mol. The van der Waals surface area contributed by atoms with Crippen molar-refractivity contribution in [2.75, 3.05) is 6.61 Å². The molecule has 1 aliphatic carbocycles. The maximum absolute atomic E-state index is 12.2. The molecule has 0 saturated heterocycles. The molecule has 1 aromatic carbocycles. The van der Waals surface area contributed by atoms with E-state index in [1.54, 1.807) is 12.1 Å². The smallest absolute Gasteiger partial charge is 0.302 e. The Bertz CT molecular complexity index is 404. The number of rotatable bonds is 4. The number of carbonyl (C=O) groups excluding carboxylic acids is 2. The first-order chi connectivity index (χ1) is 7.64. The minimum Gasteiger partial charge on any atom is -0.465 e. The van der Waals surface area contributed by atoms with E-state index in [4.69, 9.17) is 4.74 Å². The van der Waals surface area contributed by atoms with Crippen LogP contribution in [-0.4, -0.2) is 18.4 Å². The Kier molecular flexibility index (Phi) is 2.77. The topological polar surface area (TPSA) is 43.4 Å². The van der Waals surface area contributed by atoms with Gasteiger partial charge in [0, 0.05) is 12.5 Å². The first-order valence-corrected chi connectivity index (χ1v) is 5.37. The first kappa shape index (κ1) is 10.9. The van der Waals surface area contributed by atoms with E-state index in [0.29, 0.717) is 5.56 Å². The van der Waals surface area contributed by atoms with Gasteiger partial charge in [-0.3, -0.25) is 9.59 Å². The third-order valence-corrected chi connectivity index (χ3v) is 2.92. The molecule has 0 N–H and O–H groups in total. The lowest BCUT2D eigenvalue weighted by Gasteiger charge is -2.13. The molecule has 84 valence electrons. The van der Waals surface area contributed by atoms with Gasteiger partial charge >= 0.3 is 5.97 Å². The SMILES string of the molecule is CC(=O)OCC1(C(=O)c2ccccc2)CC1. The van der Waals surface area contributed by atoms with Gasteiger partial charge in [0.15, 0.2) is 5.78 Å². The third kappa shape index (κ3) is 2.13. The van der Waals surface area contributed by atoms with Crippen LogP contribution < -0.4 is 0 Å². The molecule has 1 aromatic rings. The Labute approximate surface area is 94.4 Å². The summed E-state index contributed by atoms with van der Waals surface area (Å²) in [6, 6.07) is 9.17. The summed E-state index contributed by atoms with van der Waals surface area (Å²) in [5, 5.41) is 0. The average molecular weight is 218 g/mol. The van der Waals surface area contributed by atoms with Gasteiger partial charge < -0.3 is 4.74 Å². The van der Waals surface area contributed by atoms with E-state index in [1.807, 2.05) is 18.2 Å². The second-order valence-corrected chi connectivity index (χ2v) is 4.26. The van der Waals surface area contributed by atoms with Gasteiger partial charge in [-0.05, 0) is 12.8 Å². The van der Waals surface area contributed by atoms with Gasteiger partial charge in [-0.2, -0.15) is 0 Å². The van der Waals surface area contributed by atoms with Gasteiger partial charge in [-0.25, -0.2) is 0 Å². The van der Waals surface area contributed by atoms with Crippen LogP contribution in [0.15, 0.2) is 30.3 Å². The summed E-state index contributed by atoms with van der Waals surface area (Å²) in [5.41, 5.74) is 0.264. The zero-order valence-electron chi connectivity index (χ0n) is 9.23. The molecule has 0 heterocycles. The van der Waals surface area contributed by atoms with Crippen LogP contribution in [0.25, 0.3) is 0 Å². The van der Waals surface area contributed by atoms with E-state index in [2.05, 4.69) is 0 Å². The molecular formula is C13H14O3. The average Bonchev–Trinajstić information content (AvgIpc) is 3.08. The van der Waals surface area contributed by atoms with Crippen LogP contribution in [0.2, 0.25) is 0 Å². The van der Waals surface area contributed by atoms with Gasteiger partial charge in [0.2, 0.25) is 0 Å². The number of Topliss-reactive ketones (excluding diaryl/α,β-unsaturated/α-hetero) is 1. The molecule has 1 saturated carbocycles. The van der Waals surface area contributed by atoms with Crippen molar-refractivity contribution in [1.29, 1.82) is 0 Å². The molecule has 0 atom stereocenters. The van der Waals surface area contributed by atoms with Crippen LogP contribution in [0.1, 0.15) is 30.1 Å². The number of esters is 1. The van der Waals surface area contributed by atoms with Crippen LogP contribution in [-0.2, 0) is 9.53 Å². The van der Waals surface area contributed by atoms with Crippen molar-refractivity contribution in [3.8, 4) is 0 Å². The summed E-state index contributed by atoms with van der Waals surface area (Å²) in [6.07, 6.45) is 1.63. The Balaban J connectivity index is 2.07. The molecule has 1 fully saturated rings. The van der Waals surface area contributed by atoms with Crippen molar-refractivity contribution in [3.63, 3.8) is 0 Å². The van der Waals surface area contributed by atoms with Crippen molar-refractivity contribution < 1.29 is 14.3 Å². The van der Waals surface area contributed by atoms with Crippen LogP contribution in [0.4, 0.5) is 0 Å². The molecule has 0 spiro atoms. The molecule has 3 nitrogen and oxygen atoms in total. The van der Waals surface area contributed by atoms with Crippen LogP contribution in [0.3, 0.4) is 0 Å². The summed E-state index contributed by atoms with van der Waals surface area (Å²) in [5.74, 6) is -0.235. The number of hydrogen-bond donors (Lipinski definition) is 0. The molecule has 16 heavy (non-hydrogen) atoms. The van der Waals surface area contributed by atoms with Gasteiger partial charge in [0.25, 0.3) is 0 Å². The van der Waals surface area contributed by atoms with Gasteiger partial charge in [-0.1, -0.05) is 30.3 Å². The summed E-state index contributed by atoms with van der Waals surface area (Å²) < 4.78 is 4.95. The Hall–Kier alpha value is -1.64. The fraction of sp³-hybridized carbons (Fsp3) is 0.385. The minimum absolute atomic E-state index is 0.0920. The first-order valence-electron chi connectivity index (χ1n) is 5.37. The fourth-order valence-electron chi connectivity index (χ4n) is 1.72. The summed E-state index contributed by atoms with van der Waals surface area (Å²) in [6.45, 7) is 1.58. The Morgan fingerprint density at radius 3 is 2.38 bits per heavy atom. The lowest BCUT2D eigenvalue weighted by atomic mass is 9.96. The van der Waals surface area contributed by atoms with Crippen LogP contribution >= 0.6 is 0 Å². The predicted molar refractivity (Wildman–Crippen MR) is 59.1 cm³/mol. The minimum atomic E-state index is -0.437. The van der Waals surface area contributed by atoms with Gasteiger partial charge in [-0.15, -0.1) is 0 Å². The lowest BCUT2D eigenvalue weighted by Crippen LogP contribution is -2.23. The quantitative estimate of drug-likeness (QED) is 0.575. The highest BCUT2D eigenvalue weighted by Gasteiger charge is 2.50. The summed E-state index contributed by atoms with van der Waals surface area (Å²) >= 11 is 0. The molecule has 0 aromatic heterocycles. The number of hydrogen-bond acceptors (Lipinski definition) is 3. The van der Waals surface area contributed by atoms with Crippen molar-refractivity contribution >= 4 is 11.8 Å². The Morgan fingerprint density at radius 1 is 1.25 bits per heavy atom. The second kappa shape index (κ2) is 4.08. The van der Waals surface area contributed by atoms with Crippen LogP contribution in [0.5, 0.6) is 0 Å². The number of carbonyl (C=O) groups is 2. The highest BCUT2D eigenvalue weighted by molar-refractivity contribution is 6.02. The zero-order valence-corrected chi connectivity index (χ0v) is 9.23. The largest absolute Gasteiger partial charge is 0.465 e. The summed E-state index contributed by atoms with van der Waals surface area (Å²) in [7, 11) is 0. The maximum atomic E-state index is 12.2. The van der Waals surface area contributed by atoms with Crippen molar-refractivity contribution in [3.05, 3.63) is 35.9 Å². The highest BCUT2D eigenvalue weighted by atomic mass is 16.5. The monoisotopic (exact) mass is 218 g/mol. The third-order valence-electron chi connectivity index (χ3n) is 2.92. The number of ketones is 1. The molecule has 0 aliphatic heterocycles. The van der Waals surface area contributed by atoms with Crippen molar-refractivity contribution in [2.24, 2.45) is 5.41 Å². The van der Waals surface area contributed by atoms with Crippen molar-refractivity contribution in [2.45, 2.75) is 19.8 Å². The Morgan fingerprint density at radius 2 is 1.88 bits per heavy atom. The van der Waals surface area contributed by atoms with E-state index in [0.717, 1.165) is 12.8 Å². The molecule has 2 rings (SSSR count). The fourth-order valence-corrected chi connectivity index (χ4v) is 1.72. The standard InChI is InChI=1S/C13H14O3/c1-10(14)16-9-13(7-8-13)12(15)11-5-3-2-4-6-11/h2-6H,7-9H2,1H3. The van der Waals surface area contributed by atoms with E-state index >= 15 is 0 Å². The maximum Gasteiger partial charge on any atom is 0.302 e. The molecule has 0 radical (unpaired) electrons. The summed E-state index contributed by atoms with van der Waals surface area (Å²) in [4.78, 5) is 22.9. The molecule has 0 bridgehead atoms. The molecule has 0 unspecified atom stereocenters. The van der Waals surface area contributed by atoms with E-state index < -0.39 is 5.41 Å². The van der Waals surface area contributed by atoms with Crippen molar-refractivity contribution in [1.82, 2.24) is 0 Å². The zero-order chi connectivity index (χ0) is 11.6. The van der Waals surface area contributed by atoms with Crippen LogP contribution in [0, 0.1) is 5.41 Å². The molecule has 0 amide bonds. The van der Waals surface area contributed by atoms with Gasteiger partial charge in [0.05, 0.1) is 5.41 Å². The van der Waals surface area contributed by atoms with E-state index in [1.165, 1.54) is 6.92 Å². The van der Waals surface area contributed by atoms with E-state index in [9.17, 15) is 9.59 Å². The second-order valence-electron chi connectivity index (χ2n) is 4.26. The number of benzene rings is 1. The van der Waals surface area contributed by atoms with Gasteiger partial charge in [0.1, 0.15) is 6.61 Å². The highest BCUT2D eigenvalue weighted by Crippen LogP contribution is 2.48. The number of ether oxygens (including phenoxy) is 1. The molecule has 1 aliphatic rings. The normalized spacial score (nSPS) is 16.6. The van der Waals surface area contributed by atoms with E-state index in [-0.39, 0.29) is 18.4 Å². The lowest BCUT2D eigenvalue weighted by molar-refractivity contribution is -0.142. The predicted octanol–water partition coefficient (Wildman–Crippen LogP) is 2.21. The molecule has 3 heteroatoms.